The van der Waals surface area contributed by atoms with Crippen LogP contribution in [0.3, 0.4) is 0 Å². The fourth-order valence-electron chi connectivity index (χ4n) is 3.04. The highest BCUT2D eigenvalue weighted by atomic mass is 16.6. The monoisotopic (exact) mass is 486 g/mol. The molecule has 0 bridgehead atoms. The van der Waals surface area contributed by atoms with Crippen molar-refractivity contribution in [1.29, 1.82) is 0 Å². The highest BCUT2D eigenvalue weighted by Crippen LogP contribution is 2.14. The van der Waals surface area contributed by atoms with Crippen LogP contribution in [0, 0.1) is 0 Å². The predicted molar refractivity (Wildman–Crippen MR) is 131 cm³/mol. The first kappa shape index (κ1) is 29.8. The molecule has 1 aliphatic heterocycles. The maximum absolute atomic E-state index is 12.9. The Morgan fingerprint density at radius 2 is 0.676 bits per heavy atom. The summed E-state index contributed by atoms with van der Waals surface area (Å²) in [4.78, 5) is 45.3. The molecule has 1 aliphatic rings. The molecule has 0 saturated carbocycles. The second-order valence-electron chi connectivity index (χ2n) is 11.7. The number of likely N-dealkylation sites (N-methyl/N-ethyl adjacent to an activating group) is 1. The number of hydrogen-bond acceptors (Lipinski definition) is 7. The van der Waals surface area contributed by atoms with Gasteiger partial charge in [-0.15, -0.1) is 0 Å². The number of ether oxygens (including phenoxy) is 3. The lowest BCUT2D eigenvalue weighted by molar-refractivity contribution is 0.00536. The molecular weight excluding hydrogens is 440 g/mol. The quantitative estimate of drug-likeness (QED) is 0.483. The molecule has 0 unspecified atom stereocenters. The third kappa shape index (κ3) is 12.3. The van der Waals surface area contributed by atoms with Crippen molar-refractivity contribution in [3.63, 3.8) is 0 Å². The molecule has 0 aromatic heterocycles. The molecule has 0 aromatic carbocycles. The van der Waals surface area contributed by atoms with Crippen molar-refractivity contribution in [2.24, 2.45) is 0 Å². The van der Waals surface area contributed by atoms with E-state index in [1.165, 1.54) is 4.90 Å². The van der Waals surface area contributed by atoms with E-state index in [2.05, 4.69) is 4.90 Å². The molecule has 1 rings (SSSR count). The molecule has 0 aromatic rings. The van der Waals surface area contributed by atoms with Gasteiger partial charge in [-0.1, -0.05) is 0 Å². The number of hydrogen-bond donors (Lipinski definition) is 0. The number of carbonyl (C=O) groups is 3. The van der Waals surface area contributed by atoms with Crippen LogP contribution in [0.15, 0.2) is 0 Å². The minimum atomic E-state index is -0.667. The highest BCUT2D eigenvalue weighted by molar-refractivity contribution is 5.70. The summed E-state index contributed by atoms with van der Waals surface area (Å²) in [5.41, 5.74) is -1.91. The van der Waals surface area contributed by atoms with E-state index < -0.39 is 35.1 Å². The van der Waals surface area contributed by atoms with Crippen molar-refractivity contribution < 1.29 is 28.6 Å². The molecule has 10 nitrogen and oxygen atoms in total. The first-order chi connectivity index (χ1) is 15.4. The summed E-state index contributed by atoms with van der Waals surface area (Å²) in [7, 11) is 1.94. The first-order valence-corrected chi connectivity index (χ1v) is 12.0. The maximum atomic E-state index is 12.9. The SMILES string of the molecule is CN1CCN(C(=O)OC(C)(C)C)CCN(C(=O)OC(C)(C)C)CCN(C(=O)OC(C)(C)C)CC1. The van der Waals surface area contributed by atoms with Crippen molar-refractivity contribution in [1.82, 2.24) is 19.6 Å². The topological polar surface area (TPSA) is 91.9 Å². The van der Waals surface area contributed by atoms with Crippen LogP contribution in [0.5, 0.6) is 0 Å². The Labute approximate surface area is 205 Å². The first-order valence-electron chi connectivity index (χ1n) is 12.0. The van der Waals surface area contributed by atoms with Gasteiger partial charge < -0.3 is 33.8 Å². The van der Waals surface area contributed by atoms with Gasteiger partial charge >= 0.3 is 18.3 Å². The molecule has 0 aliphatic carbocycles. The molecule has 1 heterocycles. The molecule has 0 N–H and O–H groups in total. The number of carbonyl (C=O) groups excluding carboxylic acids is 3. The van der Waals surface area contributed by atoms with Crippen molar-refractivity contribution >= 4 is 18.3 Å². The van der Waals surface area contributed by atoms with Crippen LogP contribution in [-0.2, 0) is 14.2 Å². The standard InChI is InChI=1S/C24H46N4O6/c1-22(2,3)32-19(29)26-13-11-25(10)12-14-27(20(30)33-23(4,5)6)16-18-28(17-15-26)21(31)34-24(7,8)9/h11-18H2,1-10H3. The van der Waals surface area contributed by atoms with Gasteiger partial charge in [-0.25, -0.2) is 14.4 Å². The summed E-state index contributed by atoms with van der Waals surface area (Å²) in [6, 6.07) is 0. The molecule has 34 heavy (non-hydrogen) atoms. The molecule has 0 spiro atoms. The minimum absolute atomic E-state index is 0.250. The van der Waals surface area contributed by atoms with Crippen molar-refractivity contribution in [2.45, 2.75) is 79.1 Å². The second kappa shape index (κ2) is 12.0. The third-order valence-corrected chi connectivity index (χ3v) is 4.74. The maximum Gasteiger partial charge on any atom is 0.410 e. The van der Waals surface area contributed by atoms with Gasteiger partial charge in [0.25, 0.3) is 0 Å². The van der Waals surface area contributed by atoms with Crippen molar-refractivity contribution in [2.75, 3.05) is 59.4 Å². The van der Waals surface area contributed by atoms with Gasteiger partial charge in [0.1, 0.15) is 16.8 Å². The van der Waals surface area contributed by atoms with Crippen LogP contribution < -0.4 is 0 Å². The van der Waals surface area contributed by atoms with E-state index in [0.29, 0.717) is 26.2 Å². The molecular formula is C24H46N4O6. The molecule has 1 saturated heterocycles. The lowest BCUT2D eigenvalue weighted by Crippen LogP contribution is -2.50. The minimum Gasteiger partial charge on any atom is -0.444 e. The number of rotatable bonds is 0. The van der Waals surface area contributed by atoms with E-state index >= 15 is 0 Å². The van der Waals surface area contributed by atoms with Crippen LogP contribution in [0.2, 0.25) is 0 Å². The third-order valence-electron chi connectivity index (χ3n) is 4.74. The lowest BCUT2D eigenvalue weighted by Gasteiger charge is -2.35. The molecule has 1 fully saturated rings. The van der Waals surface area contributed by atoms with Gasteiger partial charge in [0.15, 0.2) is 0 Å². The highest BCUT2D eigenvalue weighted by Gasteiger charge is 2.29. The molecule has 10 heteroatoms. The summed E-state index contributed by atoms with van der Waals surface area (Å²) in [6.45, 7) is 19.5. The van der Waals surface area contributed by atoms with Crippen LogP contribution in [-0.4, -0.2) is 114 Å². The van der Waals surface area contributed by atoms with Gasteiger partial charge in [0.2, 0.25) is 0 Å². The normalized spacial score (nSPS) is 18.0. The largest absolute Gasteiger partial charge is 0.444 e. The second-order valence-corrected chi connectivity index (χ2v) is 11.7. The smallest absolute Gasteiger partial charge is 0.410 e. The van der Waals surface area contributed by atoms with Crippen LogP contribution in [0.1, 0.15) is 62.3 Å². The predicted octanol–water partition coefficient (Wildman–Crippen LogP) is 3.64. The van der Waals surface area contributed by atoms with Crippen molar-refractivity contribution in [3.05, 3.63) is 0 Å². The zero-order valence-corrected chi connectivity index (χ0v) is 22.9. The van der Waals surface area contributed by atoms with E-state index in [1.807, 2.05) is 48.6 Å². The van der Waals surface area contributed by atoms with Gasteiger partial charge in [-0.2, -0.15) is 0 Å². The fourth-order valence-corrected chi connectivity index (χ4v) is 3.04. The van der Waals surface area contributed by atoms with Gasteiger partial charge in [-0.3, -0.25) is 0 Å². The number of nitrogens with zero attached hydrogens (tertiary/aromatic N) is 4. The Morgan fingerprint density at radius 3 is 0.882 bits per heavy atom. The molecule has 3 amide bonds. The van der Waals surface area contributed by atoms with Gasteiger partial charge in [-0.05, 0) is 69.4 Å². The van der Waals surface area contributed by atoms with E-state index in [4.69, 9.17) is 14.2 Å². The summed E-state index contributed by atoms with van der Waals surface area (Å²) < 4.78 is 16.7. The number of amides is 3. The summed E-state index contributed by atoms with van der Waals surface area (Å²) in [6.07, 6.45) is -1.33. The van der Waals surface area contributed by atoms with Gasteiger partial charge in [0, 0.05) is 52.4 Å². The Kier molecular flexibility index (Phi) is 10.5. The van der Waals surface area contributed by atoms with Crippen LogP contribution >= 0.6 is 0 Å². The summed E-state index contributed by atoms with van der Waals surface area (Å²) in [5, 5.41) is 0. The zero-order chi connectivity index (χ0) is 26.3. The summed E-state index contributed by atoms with van der Waals surface area (Å²) >= 11 is 0. The van der Waals surface area contributed by atoms with Crippen molar-refractivity contribution in [3.8, 4) is 0 Å². The van der Waals surface area contributed by atoms with Crippen LogP contribution in [0.25, 0.3) is 0 Å². The Hall–Kier alpha value is -2.23. The molecule has 0 atom stereocenters. The Bertz CT molecular complexity index is 649. The fraction of sp³-hybridized carbons (Fsp3) is 0.875. The van der Waals surface area contributed by atoms with Gasteiger partial charge in [0.05, 0.1) is 0 Å². The molecule has 198 valence electrons. The van der Waals surface area contributed by atoms with E-state index in [1.54, 1.807) is 30.6 Å². The molecule has 0 radical (unpaired) electrons. The summed E-state index contributed by atoms with van der Waals surface area (Å²) in [5.74, 6) is 0. The van der Waals surface area contributed by atoms with E-state index in [0.717, 1.165) is 0 Å². The zero-order valence-electron chi connectivity index (χ0n) is 22.9. The van der Waals surface area contributed by atoms with E-state index in [9.17, 15) is 14.4 Å². The average molecular weight is 487 g/mol. The van der Waals surface area contributed by atoms with Crippen LogP contribution in [0.4, 0.5) is 14.4 Å². The Morgan fingerprint density at radius 1 is 0.471 bits per heavy atom. The average Bonchev–Trinajstić information content (AvgIpc) is 2.60. The Balaban J connectivity index is 3.09. The van der Waals surface area contributed by atoms with E-state index in [-0.39, 0.29) is 26.2 Å². The lowest BCUT2D eigenvalue weighted by atomic mass is 10.2.